The van der Waals surface area contributed by atoms with Gasteiger partial charge in [0.2, 0.25) is 0 Å². The molecule has 0 unspecified atom stereocenters. The minimum Gasteiger partial charge on any atom is -0.395 e. The maximum Gasteiger partial charge on any atom is 0.0991 e. The molecule has 0 fully saturated rings. The minimum absolute atomic E-state index is 0.242. The fraction of sp³-hybridized carbons (Fsp3) is 0.870. The summed E-state index contributed by atoms with van der Waals surface area (Å²) in [5, 5.41) is 9.06. The number of unbranched alkanes of at least 4 members (excludes halogenated alkanes) is 12. The second-order valence-electron chi connectivity index (χ2n) is 7.70. The molecule has 0 spiro atoms. The van der Waals surface area contributed by atoms with Crippen molar-refractivity contribution >= 4 is 5.84 Å². The molecule has 1 aliphatic rings. The molecule has 0 aromatic carbocycles. The van der Waals surface area contributed by atoms with E-state index >= 15 is 0 Å². The molecule has 0 saturated heterocycles. The van der Waals surface area contributed by atoms with Gasteiger partial charge in [0.1, 0.15) is 0 Å². The SMILES string of the molecule is CCCCCCCCC=CCCCCCCCCC1=NCCN1CCO. The van der Waals surface area contributed by atoms with Gasteiger partial charge in [-0.2, -0.15) is 0 Å². The van der Waals surface area contributed by atoms with E-state index in [2.05, 4.69) is 29.0 Å². The zero-order valence-corrected chi connectivity index (χ0v) is 17.4. The Kier molecular flexibility index (Phi) is 15.7. The Bertz CT molecular complexity index is 365. The second kappa shape index (κ2) is 17.6. The van der Waals surface area contributed by atoms with Crippen molar-refractivity contribution in [2.24, 2.45) is 4.99 Å². The molecule has 1 aliphatic heterocycles. The average Bonchev–Trinajstić information content (AvgIpc) is 3.09. The maximum absolute atomic E-state index is 9.06. The van der Waals surface area contributed by atoms with Crippen LogP contribution in [0.1, 0.15) is 103 Å². The third-order valence-corrected chi connectivity index (χ3v) is 5.31. The van der Waals surface area contributed by atoms with Crippen LogP contribution in [-0.4, -0.2) is 42.1 Å². The Balaban J connectivity index is 1.80. The van der Waals surface area contributed by atoms with E-state index in [0.717, 1.165) is 26.1 Å². The number of allylic oxidation sites excluding steroid dienone is 2. The maximum atomic E-state index is 9.06. The normalized spacial score (nSPS) is 14.5. The first kappa shape index (κ1) is 23.2. The smallest absolute Gasteiger partial charge is 0.0991 e. The Morgan fingerprint density at radius 2 is 1.42 bits per heavy atom. The Morgan fingerprint density at radius 1 is 0.846 bits per heavy atom. The van der Waals surface area contributed by atoms with Crippen LogP contribution in [-0.2, 0) is 0 Å². The van der Waals surface area contributed by atoms with Crippen molar-refractivity contribution < 1.29 is 5.11 Å². The van der Waals surface area contributed by atoms with Gasteiger partial charge in [0, 0.05) is 19.5 Å². The van der Waals surface area contributed by atoms with Gasteiger partial charge in [-0.15, -0.1) is 0 Å². The van der Waals surface area contributed by atoms with Gasteiger partial charge in [-0.05, 0) is 32.1 Å². The summed E-state index contributed by atoms with van der Waals surface area (Å²) in [6, 6.07) is 0. The Hall–Kier alpha value is -0.830. The fourth-order valence-electron chi connectivity index (χ4n) is 3.66. The highest BCUT2D eigenvalue weighted by Gasteiger charge is 2.14. The van der Waals surface area contributed by atoms with Gasteiger partial charge < -0.3 is 10.0 Å². The molecule has 152 valence electrons. The summed E-state index contributed by atoms with van der Waals surface area (Å²) < 4.78 is 0. The quantitative estimate of drug-likeness (QED) is 0.235. The standard InChI is InChI=1S/C23H44N2O/c1-2-3-4-5-6-7-8-9-10-11-12-13-14-15-16-17-18-23-24-19-20-25(23)21-22-26/h9-10,26H,2-8,11-22H2,1H3. The zero-order valence-electron chi connectivity index (χ0n) is 17.4. The van der Waals surface area contributed by atoms with Crippen LogP contribution in [0.4, 0.5) is 0 Å². The number of aliphatic hydroxyl groups excluding tert-OH is 1. The third-order valence-electron chi connectivity index (χ3n) is 5.31. The van der Waals surface area contributed by atoms with Crippen molar-refractivity contribution in [2.45, 2.75) is 103 Å². The molecular formula is C23H44N2O. The van der Waals surface area contributed by atoms with Crippen molar-refractivity contribution in [1.29, 1.82) is 0 Å². The number of hydrogen-bond donors (Lipinski definition) is 1. The molecule has 26 heavy (non-hydrogen) atoms. The molecule has 1 N–H and O–H groups in total. The predicted molar refractivity (Wildman–Crippen MR) is 115 cm³/mol. The topological polar surface area (TPSA) is 35.8 Å². The molecule has 0 atom stereocenters. The molecule has 1 heterocycles. The van der Waals surface area contributed by atoms with Crippen LogP contribution in [0.15, 0.2) is 17.1 Å². The van der Waals surface area contributed by atoms with Crippen LogP contribution in [0.2, 0.25) is 0 Å². The van der Waals surface area contributed by atoms with Crippen molar-refractivity contribution in [1.82, 2.24) is 4.90 Å². The highest BCUT2D eigenvalue weighted by atomic mass is 16.3. The van der Waals surface area contributed by atoms with Gasteiger partial charge in [-0.1, -0.05) is 76.9 Å². The van der Waals surface area contributed by atoms with Crippen LogP contribution in [0.3, 0.4) is 0 Å². The number of aliphatic imine (C=N–C) groups is 1. The Labute approximate surface area is 163 Å². The minimum atomic E-state index is 0.242. The second-order valence-corrected chi connectivity index (χ2v) is 7.70. The summed E-state index contributed by atoms with van der Waals surface area (Å²) in [5.74, 6) is 1.23. The average molecular weight is 365 g/mol. The molecule has 0 aromatic heterocycles. The number of amidine groups is 1. The lowest BCUT2D eigenvalue weighted by Crippen LogP contribution is -2.30. The van der Waals surface area contributed by atoms with E-state index in [9.17, 15) is 0 Å². The van der Waals surface area contributed by atoms with E-state index in [1.165, 1.54) is 95.7 Å². The monoisotopic (exact) mass is 364 g/mol. The van der Waals surface area contributed by atoms with E-state index in [-0.39, 0.29) is 6.61 Å². The largest absolute Gasteiger partial charge is 0.395 e. The lowest BCUT2D eigenvalue weighted by molar-refractivity contribution is 0.255. The molecule has 0 saturated carbocycles. The van der Waals surface area contributed by atoms with Crippen molar-refractivity contribution in [3.8, 4) is 0 Å². The third kappa shape index (κ3) is 12.5. The molecule has 0 radical (unpaired) electrons. The van der Waals surface area contributed by atoms with Crippen LogP contribution in [0, 0.1) is 0 Å². The molecule has 0 amide bonds. The van der Waals surface area contributed by atoms with Crippen LogP contribution in [0.25, 0.3) is 0 Å². The summed E-state index contributed by atoms with van der Waals surface area (Å²) in [6.45, 7) is 5.20. The molecule has 0 bridgehead atoms. The van der Waals surface area contributed by atoms with E-state index in [1.807, 2.05) is 0 Å². The van der Waals surface area contributed by atoms with E-state index < -0.39 is 0 Å². The predicted octanol–water partition coefficient (Wildman–Crippen LogP) is 6.12. The van der Waals surface area contributed by atoms with Gasteiger partial charge in [0.15, 0.2) is 0 Å². The Morgan fingerprint density at radius 3 is 2.04 bits per heavy atom. The molecule has 3 nitrogen and oxygen atoms in total. The van der Waals surface area contributed by atoms with E-state index in [0.29, 0.717) is 0 Å². The summed E-state index contributed by atoms with van der Waals surface area (Å²) in [6.07, 6.45) is 24.9. The molecule has 3 heteroatoms. The lowest BCUT2D eigenvalue weighted by atomic mass is 10.1. The first-order chi connectivity index (χ1) is 12.9. The number of hydrogen-bond acceptors (Lipinski definition) is 3. The van der Waals surface area contributed by atoms with Crippen LogP contribution >= 0.6 is 0 Å². The van der Waals surface area contributed by atoms with E-state index in [1.54, 1.807) is 0 Å². The lowest BCUT2D eigenvalue weighted by Gasteiger charge is -2.18. The van der Waals surface area contributed by atoms with Gasteiger partial charge in [0.05, 0.1) is 19.0 Å². The van der Waals surface area contributed by atoms with Gasteiger partial charge >= 0.3 is 0 Å². The number of aliphatic hydroxyl groups is 1. The van der Waals surface area contributed by atoms with Crippen molar-refractivity contribution in [2.75, 3.05) is 26.2 Å². The molecule has 0 aliphatic carbocycles. The number of β-amino-alcohol motifs (C(OH)–C–C–N with tert-alkyl or cyclic N) is 1. The summed E-state index contributed by atoms with van der Waals surface area (Å²) in [4.78, 5) is 6.81. The number of rotatable bonds is 18. The van der Waals surface area contributed by atoms with Crippen LogP contribution in [0.5, 0.6) is 0 Å². The van der Waals surface area contributed by atoms with E-state index in [4.69, 9.17) is 5.11 Å². The molecular weight excluding hydrogens is 320 g/mol. The fourth-order valence-corrected chi connectivity index (χ4v) is 3.66. The van der Waals surface area contributed by atoms with Gasteiger partial charge in [0.25, 0.3) is 0 Å². The zero-order chi connectivity index (χ0) is 18.7. The van der Waals surface area contributed by atoms with Gasteiger partial charge in [-0.25, -0.2) is 0 Å². The van der Waals surface area contributed by atoms with Crippen molar-refractivity contribution in [3.63, 3.8) is 0 Å². The molecule has 1 rings (SSSR count). The first-order valence-corrected chi connectivity index (χ1v) is 11.4. The first-order valence-electron chi connectivity index (χ1n) is 11.4. The molecule has 0 aromatic rings. The summed E-state index contributed by atoms with van der Waals surface area (Å²) in [7, 11) is 0. The summed E-state index contributed by atoms with van der Waals surface area (Å²) in [5.41, 5.74) is 0. The summed E-state index contributed by atoms with van der Waals surface area (Å²) >= 11 is 0. The highest BCUT2D eigenvalue weighted by molar-refractivity contribution is 5.83. The van der Waals surface area contributed by atoms with Crippen LogP contribution < -0.4 is 0 Å². The highest BCUT2D eigenvalue weighted by Crippen LogP contribution is 2.13. The van der Waals surface area contributed by atoms with Crippen molar-refractivity contribution in [3.05, 3.63) is 12.2 Å². The number of nitrogens with zero attached hydrogens (tertiary/aromatic N) is 2. The van der Waals surface area contributed by atoms with Gasteiger partial charge in [-0.3, -0.25) is 4.99 Å².